The van der Waals surface area contributed by atoms with Crippen molar-refractivity contribution in [3.8, 4) is 11.4 Å². The van der Waals surface area contributed by atoms with E-state index in [1.807, 2.05) is 13.8 Å². The van der Waals surface area contributed by atoms with Crippen molar-refractivity contribution in [2.24, 2.45) is 0 Å². The van der Waals surface area contributed by atoms with Crippen molar-refractivity contribution < 1.29 is 22.3 Å². The molecule has 0 aliphatic rings. The Kier molecular flexibility index (Phi) is 4.60. The number of hydrogen-bond acceptors (Lipinski definition) is 2. The molecule has 2 rings (SSSR count). The van der Waals surface area contributed by atoms with E-state index in [9.17, 15) is 17.6 Å². The smallest absolute Gasteiger partial charge is 0.403 e. The number of allylic oxidation sites excluding steroid dienone is 1. The molecule has 22 heavy (non-hydrogen) atoms. The van der Waals surface area contributed by atoms with Crippen LogP contribution in [-0.2, 0) is 0 Å². The van der Waals surface area contributed by atoms with Gasteiger partial charge < -0.3 is 4.74 Å². The Labute approximate surface area is 132 Å². The third kappa shape index (κ3) is 4.09. The summed E-state index contributed by atoms with van der Waals surface area (Å²) in [5.74, 6) is -2.00. The quantitative estimate of drug-likeness (QED) is 0.695. The highest BCUT2D eigenvalue weighted by Crippen LogP contribution is 2.28. The molecule has 1 aromatic carbocycles. The maximum Gasteiger partial charge on any atom is 0.573 e. The number of aromatic nitrogens is 2. The highest BCUT2D eigenvalue weighted by Gasteiger charge is 2.32. The molecule has 0 amide bonds. The fourth-order valence-corrected chi connectivity index (χ4v) is 2.19. The predicted molar refractivity (Wildman–Crippen MR) is 77.2 cm³/mol. The van der Waals surface area contributed by atoms with E-state index in [0.29, 0.717) is 10.3 Å². The van der Waals surface area contributed by atoms with Crippen molar-refractivity contribution >= 4 is 22.0 Å². The van der Waals surface area contributed by atoms with Crippen LogP contribution in [0.1, 0.15) is 19.5 Å². The van der Waals surface area contributed by atoms with Crippen molar-refractivity contribution in [1.29, 1.82) is 0 Å². The summed E-state index contributed by atoms with van der Waals surface area (Å²) in [6.45, 7) is 3.74. The lowest BCUT2D eigenvalue weighted by molar-refractivity contribution is -0.275. The molecular weight excluding hydrogens is 368 g/mol. The van der Waals surface area contributed by atoms with E-state index in [4.69, 9.17) is 0 Å². The molecule has 3 nitrogen and oxygen atoms in total. The van der Waals surface area contributed by atoms with Crippen LogP contribution in [0.15, 0.2) is 34.4 Å². The summed E-state index contributed by atoms with van der Waals surface area (Å²) in [5.41, 5.74) is 1.86. The van der Waals surface area contributed by atoms with Gasteiger partial charge in [0.2, 0.25) is 0 Å². The van der Waals surface area contributed by atoms with Crippen LogP contribution in [0.4, 0.5) is 17.6 Å². The van der Waals surface area contributed by atoms with Gasteiger partial charge in [-0.05, 0) is 54.1 Å². The Morgan fingerprint density at radius 3 is 2.55 bits per heavy atom. The number of hydrogen-bond donors (Lipinski definition) is 0. The standard InChI is InChI=1S/C14H11BrF4N2O/c1-8(2)5-10-7-13(15)20-21(10)9-3-4-11(16)12(6-9)22-14(17,18)19/h3-7H,1-2H3. The van der Waals surface area contributed by atoms with Gasteiger partial charge in [-0.1, -0.05) is 5.57 Å². The summed E-state index contributed by atoms with van der Waals surface area (Å²) in [4.78, 5) is 0. The highest BCUT2D eigenvalue weighted by molar-refractivity contribution is 9.10. The predicted octanol–water partition coefficient (Wildman–Crippen LogP) is 5.10. The average Bonchev–Trinajstić information content (AvgIpc) is 2.70. The Morgan fingerprint density at radius 1 is 1.27 bits per heavy atom. The van der Waals surface area contributed by atoms with E-state index in [1.165, 1.54) is 10.7 Å². The molecule has 0 unspecified atom stereocenters. The molecule has 8 heteroatoms. The van der Waals surface area contributed by atoms with Crippen molar-refractivity contribution in [3.05, 3.63) is 46.0 Å². The molecule has 0 aliphatic heterocycles. The van der Waals surface area contributed by atoms with Crippen LogP contribution >= 0.6 is 15.9 Å². The number of halogens is 5. The number of ether oxygens (including phenoxy) is 1. The lowest BCUT2D eigenvalue weighted by Crippen LogP contribution is -2.18. The first kappa shape index (κ1) is 16.5. The minimum atomic E-state index is -4.97. The normalized spacial score (nSPS) is 11.4. The molecule has 0 radical (unpaired) electrons. The van der Waals surface area contributed by atoms with Gasteiger partial charge in [-0.15, -0.1) is 13.2 Å². The summed E-state index contributed by atoms with van der Waals surface area (Å²) in [6.07, 6.45) is -3.17. The molecule has 0 saturated heterocycles. The maximum atomic E-state index is 13.5. The second kappa shape index (κ2) is 6.12. The fraction of sp³-hybridized carbons (Fsp3) is 0.214. The highest BCUT2D eigenvalue weighted by atomic mass is 79.9. The zero-order chi connectivity index (χ0) is 16.5. The average molecular weight is 379 g/mol. The van der Waals surface area contributed by atoms with E-state index in [1.54, 1.807) is 12.1 Å². The molecule has 1 aromatic heterocycles. The minimum Gasteiger partial charge on any atom is -0.403 e. The van der Waals surface area contributed by atoms with Crippen LogP contribution in [-0.4, -0.2) is 16.1 Å². The van der Waals surface area contributed by atoms with Gasteiger partial charge >= 0.3 is 6.36 Å². The van der Waals surface area contributed by atoms with Crippen LogP contribution < -0.4 is 4.74 Å². The second-order valence-electron chi connectivity index (χ2n) is 4.69. The molecular formula is C14H11BrF4N2O. The van der Waals surface area contributed by atoms with Crippen LogP contribution in [0.3, 0.4) is 0 Å². The van der Waals surface area contributed by atoms with Gasteiger partial charge in [0.05, 0.1) is 11.4 Å². The van der Waals surface area contributed by atoms with E-state index in [0.717, 1.165) is 17.7 Å². The Morgan fingerprint density at radius 2 is 1.95 bits per heavy atom. The van der Waals surface area contributed by atoms with Crippen LogP contribution in [0.2, 0.25) is 0 Å². The van der Waals surface area contributed by atoms with E-state index >= 15 is 0 Å². The van der Waals surface area contributed by atoms with Crippen molar-refractivity contribution in [1.82, 2.24) is 9.78 Å². The van der Waals surface area contributed by atoms with Gasteiger partial charge in [-0.25, -0.2) is 9.07 Å². The third-order valence-electron chi connectivity index (χ3n) is 2.53. The summed E-state index contributed by atoms with van der Waals surface area (Å²) >= 11 is 3.21. The maximum absolute atomic E-state index is 13.5. The van der Waals surface area contributed by atoms with Crippen molar-refractivity contribution in [3.63, 3.8) is 0 Å². The first-order valence-corrected chi connectivity index (χ1v) is 6.91. The number of alkyl halides is 3. The monoisotopic (exact) mass is 378 g/mol. The molecule has 1 heterocycles. The molecule has 2 aromatic rings. The zero-order valence-electron chi connectivity index (χ0n) is 11.6. The summed E-state index contributed by atoms with van der Waals surface area (Å²) in [5, 5.41) is 4.13. The molecule has 118 valence electrons. The molecule has 0 fully saturated rings. The van der Waals surface area contributed by atoms with Crippen LogP contribution in [0.5, 0.6) is 5.75 Å². The van der Waals surface area contributed by atoms with Crippen LogP contribution in [0, 0.1) is 5.82 Å². The van der Waals surface area contributed by atoms with Crippen LogP contribution in [0.25, 0.3) is 11.8 Å². The SMILES string of the molecule is CC(C)=Cc1cc(Br)nn1-c1ccc(F)c(OC(F)(F)F)c1. The molecule has 0 saturated carbocycles. The first-order chi connectivity index (χ1) is 10.2. The van der Waals surface area contributed by atoms with Gasteiger partial charge in [-0.3, -0.25) is 0 Å². The zero-order valence-corrected chi connectivity index (χ0v) is 13.2. The summed E-state index contributed by atoms with van der Waals surface area (Å²) in [6, 6.07) is 4.86. The Bertz CT molecular complexity index is 718. The van der Waals surface area contributed by atoms with Gasteiger partial charge in [0.1, 0.15) is 4.60 Å². The largest absolute Gasteiger partial charge is 0.573 e. The van der Waals surface area contributed by atoms with E-state index in [2.05, 4.69) is 25.8 Å². The second-order valence-corrected chi connectivity index (χ2v) is 5.50. The topological polar surface area (TPSA) is 27.1 Å². The van der Waals surface area contributed by atoms with Crippen molar-refractivity contribution in [2.75, 3.05) is 0 Å². The number of rotatable bonds is 3. The van der Waals surface area contributed by atoms with Crippen molar-refractivity contribution in [2.45, 2.75) is 20.2 Å². The molecule has 0 aliphatic carbocycles. The fourth-order valence-electron chi connectivity index (χ4n) is 1.80. The molecule has 0 N–H and O–H groups in total. The van der Waals surface area contributed by atoms with E-state index < -0.39 is 17.9 Å². The van der Waals surface area contributed by atoms with Gasteiger partial charge in [0.25, 0.3) is 0 Å². The van der Waals surface area contributed by atoms with Gasteiger partial charge in [0, 0.05) is 6.07 Å². The lowest BCUT2D eigenvalue weighted by Gasteiger charge is -2.12. The number of nitrogens with zero attached hydrogens (tertiary/aromatic N) is 2. The van der Waals surface area contributed by atoms with Gasteiger partial charge in [-0.2, -0.15) is 5.10 Å². The first-order valence-electron chi connectivity index (χ1n) is 6.12. The molecule has 0 bridgehead atoms. The lowest BCUT2D eigenvalue weighted by atomic mass is 10.2. The Hall–Kier alpha value is -1.83. The Balaban J connectivity index is 2.50. The summed E-state index contributed by atoms with van der Waals surface area (Å²) < 4.78 is 55.9. The summed E-state index contributed by atoms with van der Waals surface area (Å²) in [7, 11) is 0. The molecule has 0 atom stereocenters. The van der Waals surface area contributed by atoms with E-state index in [-0.39, 0.29) is 5.69 Å². The minimum absolute atomic E-state index is 0.249. The molecule has 0 spiro atoms. The third-order valence-corrected chi connectivity index (χ3v) is 2.92. The number of benzene rings is 1. The van der Waals surface area contributed by atoms with Gasteiger partial charge in [0.15, 0.2) is 11.6 Å².